The summed E-state index contributed by atoms with van der Waals surface area (Å²) in [6.45, 7) is 6.61. The van der Waals surface area contributed by atoms with Crippen LogP contribution >= 0.6 is 0 Å². The molecule has 1 aromatic rings. The molecule has 0 saturated heterocycles. The molecule has 126 valence electrons. The molecule has 3 nitrogen and oxygen atoms in total. The lowest BCUT2D eigenvalue weighted by Gasteiger charge is -2.25. The second-order valence-electron chi connectivity index (χ2n) is 6.75. The molecule has 1 rings (SSSR count). The van der Waals surface area contributed by atoms with Crippen molar-refractivity contribution < 1.29 is 13.0 Å². The van der Waals surface area contributed by atoms with E-state index >= 15 is 0 Å². The highest BCUT2D eigenvalue weighted by Gasteiger charge is 2.20. The van der Waals surface area contributed by atoms with Gasteiger partial charge in [-0.25, -0.2) is 0 Å². The number of rotatable bonds is 10. The summed E-state index contributed by atoms with van der Waals surface area (Å²) >= 11 is 0. The molecule has 22 heavy (non-hydrogen) atoms. The van der Waals surface area contributed by atoms with Crippen LogP contribution in [-0.2, 0) is 15.5 Å². The third-order valence-electron chi connectivity index (χ3n) is 4.34. The first-order valence-electron chi connectivity index (χ1n) is 8.35. The molecule has 0 unspecified atom stereocenters. The van der Waals surface area contributed by atoms with E-state index < -0.39 is 10.1 Å². The molecule has 0 spiro atoms. The van der Waals surface area contributed by atoms with Crippen molar-refractivity contribution in [3.8, 4) is 0 Å². The molecular formula is C18H30O3S. The fourth-order valence-electron chi connectivity index (χ4n) is 2.75. The van der Waals surface area contributed by atoms with Crippen molar-refractivity contribution in [2.24, 2.45) is 0 Å². The van der Waals surface area contributed by atoms with E-state index in [9.17, 15) is 8.42 Å². The van der Waals surface area contributed by atoms with Gasteiger partial charge in [0.15, 0.2) is 0 Å². The van der Waals surface area contributed by atoms with Crippen LogP contribution in [0.25, 0.3) is 0 Å². The SMILES string of the molecule is CCCCCCCCCC(C)(C)c1ccc(S(=O)(=O)O)cc1. The number of unbranched alkanes of at least 4 members (excludes halogenated alkanes) is 6. The van der Waals surface area contributed by atoms with E-state index in [1.807, 2.05) is 12.1 Å². The minimum Gasteiger partial charge on any atom is -0.282 e. The second kappa shape index (κ2) is 8.68. The van der Waals surface area contributed by atoms with E-state index in [0.29, 0.717) is 0 Å². The molecule has 0 aliphatic rings. The largest absolute Gasteiger partial charge is 0.294 e. The fourth-order valence-corrected chi connectivity index (χ4v) is 3.23. The van der Waals surface area contributed by atoms with Crippen LogP contribution in [-0.4, -0.2) is 13.0 Å². The number of hydrogen-bond donors (Lipinski definition) is 1. The van der Waals surface area contributed by atoms with Crippen molar-refractivity contribution in [2.75, 3.05) is 0 Å². The van der Waals surface area contributed by atoms with E-state index in [0.717, 1.165) is 12.0 Å². The average Bonchev–Trinajstić information content (AvgIpc) is 2.45. The van der Waals surface area contributed by atoms with Crippen LogP contribution in [0.1, 0.15) is 77.7 Å². The first-order valence-corrected chi connectivity index (χ1v) is 9.79. The Morgan fingerprint density at radius 3 is 1.91 bits per heavy atom. The van der Waals surface area contributed by atoms with Crippen LogP contribution in [0, 0.1) is 0 Å². The van der Waals surface area contributed by atoms with Gasteiger partial charge in [0.25, 0.3) is 10.1 Å². The lowest BCUT2D eigenvalue weighted by Crippen LogP contribution is -2.17. The van der Waals surface area contributed by atoms with Gasteiger partial charge in [0.05, 0.1) is 4.90 Å². The molecule has 0 fully saturated rings. The van der Waals surface area contributed by atoms with Crippen molar-refractivity contribution in [3.63, 3.8) is 0 Å². The maximum Gasteiger partial charge on any atom is 0.294 e. The molecule has 0 aliphatic carbocycles. The van der Waals surface area contributed by atoms with Gasteiger partial charge in [0, 0.05) is 0 Å². The summed E-state index contributed by atoms with van der Waals surface area (Å²) < 4.78 is 31.2. The smallest absolute Gasteiger partial charge is 0.282 e. The minimum atomic E-state index is -4.10. The Hall–Kier alpha value is -0.870. The zero-order chi connectivity index (χ0) is 16.6. The summed E-state index contributed by atoms with van der Waals surface area (Å²) in [5, 5.41) is 0. The molecule has 0 bridgehead atoms. The monoisotopic (exact) mass is 326 g/mol. The molecule has 1 aromatic carbocycles. The third kappa shape index (κ3) is 6.49. The summed E-state index contributed by atoms with van der Waals surface area (Å²) in [7, 11) is -4.10. The molecule has 4 heteroatoms. The lowest BCUT2D eigenvalue weighted by atomic mass is 9.80. The Kier molecular flexibility index (Phi) is 7.57. The Balaban J connectivity index is 2.45. The lowest BCUT2D eigenvalue weighted by molar-refractivity contribution is 0.441. The van der Waals surface area contributed by atoms with Gasteiger partial charge in [-0.3, -0.25) is 4.55 Å². The fraction of sp³-hybridized carbons (Fsp3) is 0.667. The third-order valence-corrected chi connectivity index (χ3v) is 5.21. The highest BCUT2D eigenvalue weighted by atomic mass is 32.2. The van der Waals surface area contributed by atoms with Crippen LogP contribution in [0.4, 0.5) is 0 Å². The van der Waals surface area contributed by atoms with Gasteiger partial charge < -0.3 is 0 Å². The summed E-state index contributed by atoms with van der Waals surface area (Å²) in [6.07, 6.45) is 10.1. The topological polar surface area (TPSA) is 54.4 Å². The molecule has 0 heterocycles. The molecule has 0 atom stereocenters. The quantitative estimate of drug-likeness (QED) is 0.465. The molecule has 0 aliphatic heterocycles. The Bertz CT molecular complexity index is 530. The van der Waals surface area contributed by atoms with Crippen molar-refractivity contribution >= 4 is 10.1 Å². The molecule has 1 N–H and O–H groups in total. The van der Waals surface area contributed by atoms with Gasteiger partial charge in [-0.1, -0.05) is 77.8 Å². The van der Waals surface area contributed by atoms with Crippen LogP contribution in [0.5, 0.6) is 0 Å². The van der Waals surface area contributed by atoms with E-state index in [2.05, 4.69) is 20.8 Å². The van der Waals surface area contributed by atoms with Gasteiger partial charge in [-0.2, -0.15) is 8.42 Å². The highest BCUT2D eigenvalue weighted by molar-refractivity contribution is 7.85. The van der Waals surface area contributed by atoms with Crippen molar-refractivity contribution in [1.29, 1.82) is 0 Å². The highest BCUT2D eigenvalue weighted by Crippen LogP contribution is 2.30. The van der Waals surface area contributed by atoms with Crippen molar-refractivity contribution in [3.05, 3.63) is 29.8 Å². The second-order valence-corrected chi connectivity index (χ2v) is 8.18. The van der Waals surface area contributed by atoms with Crippen LogP contribution < -0.4 is 0 Å². The predicted octanol–water partition coefficient (Wildman–Crippen LogP) is 5.35. The minimum absolute atomic E-state index is 0.0289. The maximum absolute atomic E-state index is 11.1. The Labute approximate surface area is 135 Å². The van der Waals surface area contributed by atoms with Gasteiger partial charge >= 0.3 is 0 Å². The van der Waals surface area contributed by atoms with E-state index in [-0.39, 0.29) is 10.3 Å². The van der Waals surface area contributed by atoms with Gasteiger partial charge in [-0.15, -0.1) is 0 Å². The molecule has 0 radical (unpaired) electrons. The van der Waals surface area contributed by atoms with Gasteiger partial charge in [0.1, 0.15) is 0 Å². The van der Waals surface area contributed by atoms with Gasteiger partial charge in [0.2, 0.25) is 0 Å². The summed E-state index contributed by atoms with van der Waals surface area (Å²) in [6, 6.07) is 6.59. The van der Waals surface area contributed by atoms with Gasteiger partial charge in [-0.05, 0) is 29.5 Å². The molecule has 0 saturated carbocycles. The van der Waals surface area contributed by atoms with E-state index in [1.54, 1.807) is 0 Å². The zero-order valence-corrected chi connectivity index (χ0v) is 15.0. The van der Waals surface area contributed by atoms with E-state index in [1.165, 1.54) is 57.1 Å². The summed E-state index contributed by atoms with van der Waals surface area (Å²) in [5.74, 6) is 0. The summed E-state index contributed by atoms with van der Waals surface area (Å²) in [5.41, 5.74) is 1.15. The van der Waals surface area contributed by atoms with Crippen molar-refractivity contribution in [1.82, 2.24) is 0 Å². The maximum atomic E-state index is 11.1. The molecule has 0 aromatic heterocycles. The van der Waals surface area contributed by atoms with Crippen LogP contribution in [0.15, 0.2) is 29.2 Å². The number of hydrogen-bond acceptors (Lipinski definition) is 2. The predicted molar refractivity (Wildman–Crippen MR) is 91.9 cm³/mol. The first kappa shape index (κ1) is 19.2. The molecular weight excluding hydrogens is 296 g/mol. The van der Waals surface area contributed by atoms with E-state index in [4.69, 9.17) is 4.55 Å². The number of benzene rings is 1. The Morgan fingerprint density at radius 1 is 0.909 bits per heavy atom. The standard InChI is InChI=1S/C18H30O3S/c1-4-5-6-7-8-9-10-15-18(2,3)16-11-13-17(14-12-16)22(19,20)21/h11-14H,4-10,15H2,1-3H3,(H,19,20,21). The van der Waals surface area contributed by atoms with Crippen LogP contribution in [0.2, 0.25) is 0 Å². The molecule has 0 amide bonds. The first-order chi connectivity index (χ1) is 10.3. The summed E-state index contributed by atoms with van der Waals surface area (Å²) in [4.78, 5) is -0.0389. The van der Waals surface area contributed by atoms with Crippen molar-refractivity contribution in [2.45, 2.75) is 82.4 Å². The normalized spacial score (nSPS) is 12.5. The zero-order valence-electron chi connectivity index (χ0n) is 14.1. The van der Waals surface area contributed by atoms with Crippen LogP contribution in [0.3, 0.4) is 0 Å². The Morgan fingerprint density at radius 2 is 1.41 bits per heavy atom. The average molecular weight is 327 g/mol.